The van der Waals surface area contributed by atoms with Gasteiger partial charge in [-0.3, -0.25) is 0 Å². The van der Waals surface area contributed by atoms with E-state index < -0.39 is 0 Å². The first-order valence-electron chi connectivity index (χ1n) is 14.9. The maximum Gasteiger partial charge on any atom is 0.0468 e. The Bertz CT molecular complexity index is 2390. The van der Waals surface area contributed by atoms with E-state index >= 15 is 0 Å². The van der Waals surface area contributed by atoms with Crippen molar-refractivity contribution in [2.75, 3.05) is 4.90 Å². The predicted octanol–water partition coefficient (Wildman–Crippen LogP) is 12.1. The van der Waals surface area contributed by atoms with Crippen molar-refractivity contribution in [2.45, 2.75) is 19.3 Å². The van der Waals surface area contributed by atoms with E-state index in [2.05, 4.69) is 158 Å². The summed E-state index contributed by atoms with van der Waals surface area (Å²) in [5, 5.41) is 7.76. The minimum Gasteiger partial charge on any atom is -0.310 e. The molecular formula is C41H29NS. The van der Waals surface area contributed by atoms with Crippen LogP contribution in [-0.4, -0.2) is 0 Å². The lowest BCUT2D eigenvalue weighted by atomic mass is 9.82. The first kappa shape index (κ1) is 24.7. The Labute approximate surface area is 255 Å². The summed E-state index contributed by atoms with van der Waals surface area (Å²) in [5.74, 6) is 0. The molecule has 0 saturated carbocycles. The first-order valence-corrected chi connectivity index (χ1v) is 15.8. The highest BCUT2D eigenvalue weighted by atomic mass is 32.1. The van der Waals surface area contributed by atoms with Crippen LogP contribution in [0.5, 0.6) is 0 Å². The van der Waals surface area contributed by atoms with Gasteiger partial charge >= 0.3 is 0 Å². The van der Waals surface area contributed by atoms with Gasteiger partial charge in [-0.15, -0.1) is 11.3 Å². The number of thiophene rings is 1. The molecule has 8 aromatic rings. The smallest absolute Gasteiger partial charge is 0.0468 e. The first-order chi connectivity index (χ1) is 21.1. The van der Waals surface area contributed by atoms with E-state index in [4.69, 9.17) is 0 Å². The zero-order chi connectivity index (χ0) is 28.7. The van der Waals surface area contributed by atoms with Crippen LogP contribution in [0.1, 0.15) is 25.0 Å². The molecular weight excluding hydrogens is 539 g/mol. The van der Waals surface area contributed by atoms with Crippen LogP contribution < -0.4 is 4.90 Å². The van der Waals surface area contributed by atoms with E-state index in [0.717, 1.165) is 5.69 Å². The van der Waals surface area contributed by atoms with E-state index in [0.29, 0.717) is 0 Å². The van der Waals surface area contributed by atoms with Crippen molar-refractivity contribution in [3.05, 3.63) is 151 Å². The fourth-order valence-electron chi connectivity index (χ4n) is 7.27. The third-order valence-corrected chi connectivity index (χ3v) is 10.6. The Hall–Kier alpha value is -4.92. The highest BCUT2D eigenvalue weighted by Gasteiger charge is 2.35. The standard InChI is InChI=1S/C41H29NS/c1-41(2)36-14-8-7-13-33(36)34-20-18-31(25-37(34)41)42(29-17-15-26-9-3-4-11-28(26)23-29)30-19-22-38-35(24-30)40-32-12-6-5-10-27(32)16-21-39(40)43-38/h3-25H,1-2H3. The van der Waals surface area contributed by atoms with Crippen molar-refractivity contribution in [2.24, 2.45) is 0 Å². The van der Waals surface area contributed by atoms with Gasteiger partial charge in [0.2, 0.25) is 0 Å². The van der Waals surface area contributed by atoms with Crippen LogP contribution in [-0.2, 0) is 5.41 Å². The van der Waals surface area contributed by atoms with E-state index in [1.54, 1.807) is 0 Å². The summed E-state index contributed by atoms with van der Waals surface area (Å²) in [5.41, 5.74) is 8.92. The summed E-state index contributed by atoms with van der Waals surface area (Å²) in [7, 11) is 0. The van der Waals surface area contributed by atoms with Crippen LogP contribution >= 0.6 is 11.3 Å². The number of nitrogens with zero attached hydrogens (tertiary/aromatic N) is 1. The molecule has 0 amide bonds. The topological polar surface area (TPSA) is 3.24 Å². The van der Waals surface area contributed by atoms with Crippen molar-refractivity contribution < 1.29 is 0 Å². The van der Waals surface area contributed by atoms with Gasteiger partial charge in [0.15, 0.2) is 0 Å². The molecule has 0 N–H and O–H groups in total. The van der Waals surface area contributed by atoms with Crippen molar-refractivity contribution in [1.82, 2.24) is 0 Å². The summed E-state index contributed by atoms with van der Waals surface area (Å²) in [6.45, 7) is 4.72. The van der Waals surface area contributed by atoms with E-state index in [-0.39, 0.29) is 5.41 Å². The molecule has 0 spiro atoms. The van der Waals surface area contributed by atoms with Gasteiger partial charge in [-0.05, 0) is 92.3 Å². The highest BCUT2D eigenvalue weighted by Crippen LogP contribution is 2.51. The Balaban J connectivity index is 1.30. The number of fused-ring (bicyclic) bond motifs is 9. The van der Waals surface area contributed by atoms with Crippen molar-refractivity contribution in [3.63, 3.8) is 0 Å². The van der Waals surface area contributed by atoms with E-state index in [1.165, 1.54) is 75.3 Å². The second-order valence-corrected chi connectivity index (χ2v) is 13.3. The Morgan fingerprint density at radius 1 is 0.465 bits per heavy atom. The lowest BCUT2D eigenvalue weighted by Gasteiger charge is -2.28. The van der Waals surface area contributed by atoms with Gasteiger partial charge in [0.05, 0.1) is 0 Å². The largest absolute Gasteiger partial charge is 0.310 e. The SMILES string of the molecule is CC1(C)c2ccccc2-c2ccc(N(c3ccc4ccccc4c3)c3ccc4sc5ccc6ccccc6c5c4c3)cc21. The molecule has 204 valence electrons. The maximum atomic E-state index is 2.44. The molecule has 9 rings (SSSR count). The molecule has 2 heteroatoms. The quantitative estimate of drug-likeness (QED) is 0.205. The van der Waals surface area contributed by atoms with Gasteiger partial charge < -0.3 is 4.90 Å². The number of rotatable bonds is 3. The third kappa shape index (κ3) is 3.63. The van der Waals surface area contributed by atoms with Crippen molar-refractivity contribution in [3.8, 4) is 11.1 Å². The molecule has 0 radical (unpaired) electrons. The highest BCUT2D eigenvalue weighted by molar-refractivity contribution is 7.26. The number of hydrogen-bond acceptors (Lipinski definition) is 2. The summed E-state index contributed by atoms with van der Waals surface area (Å²) < 4.78 is 2.65. The second kappa shape index (κ2) is 9.04. The molecule has 0 aliphatic heterocycles. The van der Waals surface area contributed by atoms with E-state index in [1.807, 2.05) is 11.3 Å². The molecule has 0 atom stereocenters. The molecule has 1 heterocycles. The van der Waals surface area contributed by atoms with E-state index in [9.17, 15) is 0 Å². The third-order valence-electron chi connectivity index (χ3n) is 9.42. The summed E-state index contributed by atoms with van der Waals surface area (Å²) in [6, 6.07) is 51.7. The normalized spacial score (nSPS) is 13.5. The fraction of sp³-hybridized carbons (Fsp3) is 0.0732. The summed E-state index contributed by atoms with van der Waals surface area (Å²) in [4.78, 5) is 2.44. The van der Waals surface area contributed by atoms with Gasteiger partial charge in [-0.25, -0.2) is 0 Å². The number of anilines is 3. The van der Waals surface area contributed by atoms with Crippen LogP contribution in [0, 0.1) is 0 Å². The molecule has 7 aromatic carbocycles. The average molecular weight is 568 g/mol. The van der Waals surface area contributed by atoms with Crippen LogP contribution in [0.3, 0.4) is 0 Å². The molecule has 43 heavy (non-hydrogen) atoms. The van der Waals surface area contributed by atoms with Gasteiger partial charge in [0, 0.05) is 42.6 Å². The molecule has 0 fully saturated rings. The Morgan fingerprint density at radius 2 is 1.09 bits per heavy atom. The molecule has 0 saturated heterocycles. The van der Waals surface area contributed by atoms with Crippen LogP contribution in [0.2, 0.25) is 0 Å². The van der Waals surface area contributed by atoms with Crippen LogP contribution in [0.15, 0.2) is 140 Å². The van der Waals surface area contributed by atoms with Gasteiger partial charge in [-0.1, -0.05) is 105 Å². The molecule has 1 aromatic heterocycles. The fourth-order valence-corrected chi connectivity index (χ4v) is 8.37. The Kier molecular flexibility index (Phi) is 5.18. The predicted molar refractivity (Wildman–Crippen MR) is 187 cm³/mol. The zero-order valence-corrected chi connectivity index (χ0v) is 25.0. The summed E-state index contributed by atoms with van der Waals surface area (Å²) >= 11 is 1.88. The van der Waals surface area contributed by atoms with Gasteiger partial charge in [0.1, 0.15) is 0 Å². The lowest BCUT2D eigenvalue weighted by Crippen LogP contribution is -2.16. The van der Waals surface area contributed by atoms with Crippen LogP contribution in [0.25, 0.3) is 52.8 Å². The average Bonchev–Trinajstić information content (AvgIpc) is 3.53. The minimum absolute atomic E-state index is 0.0660. The number of hydrogen-bond donors (Lipinski definition) is 0. The van der Waals surface area contributed by atoms with Crippen molar-refractivity contribution in [1.29, 1.82) is 0 Å². The Morgan fingerprint density at radius 3 is 2.00 bits per heavy atom. The monoisotopic (exact) mass is 567 g/mol. The minimum atomic E-state index is -0.0660. The molecule has 1 nitrogen and oxygen atoms in total. The van der Waals surface area contributed by atoms with Crippen LogP contribution in [0.4, 0.5) is 17.1 Å². The maximum absolute atomic E-state index is 2.44. The molecule has 1 aliphatic rings. The van der Waals surface area contributed by atoms with Gasteiger partial charge in [-0.2, -0.15) is 0 Å². The zero-order valence-electron chi connectivity index (χ0n) is 24.1. The molecule has 0 bridgehead atoms. The molecule has 1 aliphatic carbocycles. The van der Waals surface area contributed by atoms with Crippen molar-refractivity contribution >= 4 is 70.1 Å². The van der Waals surface area contributed by atoms with Gasteiger partial charge in [0.25, 0.3) is 0 Å². The molecule has 0 unspecified atom stereocenters. The number of benzene rings is 7. The summed E-state index contributed by atoms with van der Waals surface area (Å²) in [6.07, 6.45) is 0. The second-order valence-electron chi connectivity index (χ2n) is 12.2. The lowest BCUT2D eigenvalue weighted by molar-refractivity contribution is 0.660.